The summed E-state index contributed by atoms with van der Waals surface area (Å²) >= 11 is 0. The van der Waals surface area contributed by atoms with E-state index >= 15 is 0 Å². The predicted octanol–water partition coefficient (Wildman–Crippen LogP) is 5.06. The molecule has 4 rings (SSSR count). The van der Waals surface area contributed by atoms with Gasteiger partial charge in [0.15, 0.2) is 0 Å². The maximum atomic E-state index is 6.10. The smallest absolute Gasteiger partial charge is 0.131 e. The minimum atomic E-state index is 0.471. The van der Waals surface area contributed by atoms with Crippen molar-refractivity contribution in [3.8, 4) is 23.0 Å². The van der Waals surface area contributed by atoms with Crippen LogP contribution in [0.5, 0.6) is 23.0 Å². The molecule has 0 spiro atoms. The van der Waals surface area contributed by atoms with Crippen molar-refractivity contribution in [2.45, 2.75) is 0 Å². The summed E-state index contributed by atoms with van der Waals surface area (Å²) in [5.74, 6) is 3.24. The molecule has 0 atom stereocenters. The first-order valence-electron chi connectivity index (χ1n) is 9.06. The monoisotopic (exact) mass is 374 g/mol. The van der Waals surface area contributed by atoms with Gasteiger partial charge in [0.1, 0.15) is 29.6 Å². The molecule has 0 bridgehead atoms. The molecule has 0 N–H and O–H groups in total. The molecule has 4 nitrogen and oxygen atoms in total. The molecule has 3 aromatic carbocycles. The Kier molecular flexibility index (Phi) is 4.94. The first-order chi connectivity index (χ1) is 13.7. The van der Waals surface area contributed by atoms with Crippen molar-refractivity contribution >= 4 is 11.1 Å². The lowest BCUT2D eigenvalue weighted by Crippen LogP contribution is -2.12. The summed E-state index contributed by atoms with van der Waals surface area (Å²) in [5, 5.41) is 0. The van der Waals surface area contributed by atoms with Crippen molar-refractivity contribution < 1.29 is 18.9 Å². The zero-order valence-corrected chi connectivity index (χ0v) is 16.2. The SMILES string of the molecule is COc1ccc(C2=C(c3cccc(OC)c3)c3ccc(OC)cc3OC2)cc1. The molecular weight excluding hydrogens is 352 g/mol. The highest BCUT2D eigenvalue weighted by molar-refractivity contribution is 6.02. The van der Waals surface area contributed by atoms with Crippen LogP contribution < -0.4 is 18.9 Å². The summed E-state index contributed by atoms with van der Waals surface area (Å²) in [5.41, 5.74) is 5.47. The molecule has 0 aliphatic carbocycles. The van der Waals surface area contributed by atoms with Crippen molar-refractivity contribution in [3.05, 3.63) is 83.4 Å². The quantitative estimate of drug-likeness (QED) is 0.625. The van der Waals surface area contributed by atoms with E-state index in [9.17, 15) is 0 Å². The molecule has 0 saturated carbocycles. The second-order valence-corrected chi connectivity index (χ2v) is 6.46. The molecule has 1 heterocycles. The number of fused-ring (bicyclic) bond motifs is 1. The third kappa shape index (κ3) is 3.29. The first kappa shape index (κ1) is 18.0. The van der Waals surface area contributed by atoms with Gasteiger partial charge in [-0.2, -0.15) is 0 Å². The molecule has 1 aliphatic rings. The van der Waals surface area contributed by atoms with Gasteiger partial charge in [0.2, 0.25) is 0 Å². The first-order valence-corrected chi connectivity index (χ1v) is 9.06. The molecule has 0 amide bonds. The van der Waals surface area contributed by atoms with E-state index in [1.165, 1.54) is 0 Å². The van der Waals surface area contributed by atoms with E-state index in [4.69, 9.17) is 18.9 Å². The van der Waals surface area contributed by atoms with E-state index in [0.717, 1.165) is 50.8 Å². The Balaban J connectivity index is 1.93. The highest BCUT2D eigenvalue weighted by Crippen LogP contribution is 2.43. The standard InChI is InChI=1S/C24H22O4/c1-25-18-9-7-16(8-10-18)22-15-28-23-14-20(27-3)11-12-21(23)24(22)17-5-4-6-19(13-17)26-2/h4-14H,15H2,1-3H3. The van der Waals surface area contributed by atoms with Crippen LogP contribution in [0, 0.1) is 0 Å². The van der Waals surface area contributed by atoms with Crippen LogP contribution in [-0.4, -0.2) is 27.9 Å². The number of benzene rings is 3. The molecule has 0 unspecified atom stereocenters. The lowest BCUT2D eigenvalue weighted by Gasteiger charge is -2.25. The summed E-state index contributed by atoms with van der Waals surface area (Å²) in [4.78, 5) is 0. The number of rotatable bonds is 5. The van der Waals surface area contributed by atoms with Crippen molar-refractivity contribution in [3.63, 3.8) is 0 Å². The molecule has 1 aliphatic heterocycles. The molecular formula is C24H22O4. The summed E-state index contributed by atoms with van der Waals surface area (Å²) < 4.78 is 22.2. The van der Waals surface area contributed by atoms with E-state index in [2.05, 4.69) is 24.3 Å². The zero-order chi connectivity index (χ0) is 19.5. The average molecular weight is 374 g/mol. The largest absolute Gasteiger partial charge is 0.497 e. The maximum Gasteiger partial charge on any atom is 0.131 e. The van der Waals surface area contributed by atoms with Crippen LogP contribution in [0.2, 0.25) is 0 Å². The van der Waals surface area contributed by atoms with Gasteiger partial charge in [-0.3, -0.25) is 0 Å². The van der Waals surface area contributed by atoms with Gasteiger partial charge in [0, 0.05) is 17.2 Å². The highest BCUT2D eigenvalue weighted by Gasteiger charge is 2.23. The van der Waals surface area contributed by atoms with E-state index in [1.807, 2.05) is 42.5 Å². The second-order valence-electron chi connectivity index (χ2n) is 6.46. The highest BCUT2D eigenvalue weighted by atomic mass is 16.5. The molecule has 0 fully saturated rings. The fourth-order valence-corrected chi connectivity index (χ4v) is 3.47. The van der Waals surface area contributed by atoms with Gasteiger partial charge < -0.3 is 18.9 Å². The van der Waals surface area contributed by atoms with E-state index < -0.39 is 0 Å². The molecule has 28 heavy (non-hydrogen) atoms. The molecule has 4 heteroatoms. The van der Waals surface area contributed by atoms with Crippen molar-refractivity contribution in [1.82, 2.24) is 0 Å². The Morgan fingerprint density at radius 2 is 1.36 bits per heavy atom. The van der Waals surface area contributed by atoms with Crippen molar-refractivity contribution in [1.29, 1.82) is 0 Å². The minimum absolute atomic E-state index is 0.471. The van der Waals surface area contributed by atoms with Gasteiger partial charge in [-0.15, -0.1) is 0 Å². The fourth-order valence-electron chi connectivity index (χ4n) is 3.47. The molecule has 3 aromatic rings. The molecule has 0 radical (unpaired) electrons. The third-order valence-corrected chi connectivity index (χ3v) is 4.93. The van der Waals surface area contributed by atoms with Gasteiger partial charge in [-0.25, -0.2) is 0 Å². The van der Waals surface area contributed by atoms with Crippen molar-refractivity contribution in [2.75, 3.05) is 27.9 Å². The van der Waals surface area contributed by atoms with E-state index in [-0.39, 0.29) is 0 Å². The van der Waals surface area contributed by atoms with Gasteiger partial charge in [0.05, 0.1) is 21.3 Å². The summed E-state index contributed by atoms with van der Waals surface area (Å²) in [6.45, 7) is 0.471. The van der Waals surface area contributed by atoms with Crippen LogP contribution in [0.4, 0.5) is 0 Å². The lowest BCUT2D eigenvalue weighted by atomic mass is 9.87. The van der Waals surface area contributed by atoms with Crippen LogP contribution in [0.1, 0.15) is 16.7 Å². The molecule has 0 aromatic heterocycles. The number of hydrogen-bond donors (Lipinski definition) is 0. The van der Waals surface area contributed by atoms with Gasteiger partial charge in [-0.05, 0) is 53.1 Å². The number of methoxy groups -OCH3 is 3. The van der Waals surface area contributed by atoms with Crippen LogP contribution in [0.25, 0.3) is 11.1 Å². The fraction of sp³-hybridized carbons (Fsp3) is 0.167. The van der Waals surface area contributed by atoms with Gasteiger partial charge in [-0.1, -0.05) is 24.3 Å². The Morgan fingerprint density at radius 3 is 2.07 bits per heavy atom. The Hall–Kier alpha value is -3.40. The average Bonchev–Trinajstić information content (AvgIpc) is 2.78. The summed E-state index contributed by atoms with van der Waals surface area (Å²) in [7, 11) is 5.01. The number of hydrogen-bond acceptors (Lipinski definition) is 4. The van der Waals surface area contributed by atoms with Crippen LogP contribution in [-0.2, 0) is 0 Å². The minimum Gasteiger partial charge on any atom is -0.497 e. The van der Waals surface area contributed by atoms with Gasteiger partial charge in [0.25, 0.3) is 0 Å². The molecule has 0 saturated heterocycles. The molecule has 142 valence electrons. The number of ether oxygens (including phenoxy) is 4. The van der Waals surface area contributed by atoms with E-state index in [0.29, 0.717) is 6.61 Å². The Labute approximate surface area is 164 Å². The third-order valence-electron chi connectivity index (χ3n) is 4.93. The maximum absolute atomic E-state index is 6.10. The normalized spacial score (nSPS) is 12.8. The lowest BCUT2D eigenvalue weighted by molar-refractivity contribution is 0.358. The zero-order valence-electron chi connectivity index (χ0n) is 16.2. The summed E-state index contributed by atoms with van der Waals surface area (Å²) in [6, 6.07) is 22.1. The summed E-state index contributed by atoms with van der Waals surface area (Å²) in [6.07, 6.45) is 0. The van der Waals surface area contributed by atoms with Crippen LogP contribution in [0.15, 0.2) is 66.7 Å². The topological polar surface area (TPSA) is 36.9 Å². The van der Waals surface area contributed by atoms with Crippen LogP contribution >= 0.6 is 0 Å². The van der Waals surface area contributed by atoms with E-state index in [1.54, 1.807) is 21.3 Å². The van der Waals surface area contributed by atoms with Crippen molar-refractivity contribution in [2.24, 2.45) is 0 Å². The Morgan fingerprint density at radius 1 is 0.679 bits per heavy atom. The predicted molar refractivity (Wildman–Crippen MR) is 110 cm³/mol. The van der Waals surface area contributed by atoms with Gasteiger partial charge >= 0.3 is 0 Å². The Bertz CT molecular complexity index is 1020. The van der Waals surface area contributed by atoms with Crippen LogP contribution in [0.3, 0.4) is 0 Å². The second kappa shape index (κ2) is 7.69.